The fourth-order valence-corrected chi connectivity index (χ4v) is 10.5. The molecule has 11 rings (SSSR count). The largest absolute Gasteiger partial charge is 0.134 e. The molecular formula is C49H32S. The van der Waals surface area contributed by atoms with Gasteiger partial charge in [0.25, 0.3) is 0 Å². The molecule has 1 aromatic heterocycles. The summed E-state index contributed by atoms with van der Waals surface area (Å²) in [5.41, 5.74) is 10.7. The third-order valence-corrected chi connectivity index (χ3v) is 12.6. The van der Waals surface area contributed by atoms with Gasteiger partial charge in [0, 0.05) is 31.0 Å². The van der Waals surface area contributed by atoms with Crippen LogP contribution >= 0.6 is 11.3 Å². The molecular weight excluding hydrogens is 621 g/mol. The molecule has 0 saturated heterocycles. The van der Waals surface area contributed by atoms with Crippen LogP contribution in [0.5, 0.6) is 0 Å². The fraction of sp³-hybridized carbons (Fsp3) is 0.0612. The van der Waals surface area contributed by atoms with Gasteiger partial charge < -0.3 is 0 Å². The van der Waals surface area contributed by atoms with Gasteiger partial charge in [-0.25, -0.2) is 0 Å². The summed E-state index contributed by atoms with van der Waals surface area (Å²) in [5, 5.41) is 13.2. The molecule has 0 radical (unpaired) electrons. The molecule has 0 unspecified atom stereocenters. The zero-order valence-corrected chi connectivity index (χ0v) is 28.7. The van der Waals surface area contributed by atoms with Gasteiger partial charge in [0.05, 0.1) is 0 Å². The summed E-state index contributed by atoms with van der Waals surface area (Å²) in [6, 6.07) is 59.2. The van der Waals surface area contributed by atoms with E-state index in [2.05, 4.69) is 172 Å². The first-order valence-electron chi connectivity index (χ1n) is 17.5. The zero-order valence-electron chi connectivity index (χ0n) is 27.9. The van der Waals surface area contributed by atoms with Gasteiger partial charge in [0.2, 0.25) is 0 Å². The summed E-state index contributed by atoms with van der Waals surface area (Å²) in [7, 11) is 0. The second-order valence-corrected chi connectivity index (χ2v) is 15.4. The van der Waals surface area contributed by atoms with Crippen molar-refractivity contribution >= 4 is 74.6 Å². The Morgan fingerprint density at radius 2 is 0.860 bits per heavy atom. The minimum absolute atomic E-state index is 0.0518. The van der Waals surface area contributed by atoms with Crippen LogP contribution in [0, 0.1) is 0 Å². The van der Waals surface area contributed by atoms with Crippen molar-refractivity contribution in [1.29, 1.82) is 0 Å². The highest BCUT2D eigenvalue weighted by Gasteiger charge is 2.35. The number of hydrogen-bond acceptors (Lipinski definition) is 1. The molecule has 0 fully saturated rings. The summed E-state index contributed by atoms with van der Waals surface area (Å²) < 4.78 is 2.70. The quantitative estimate of drug-likeness (QED) is 0.129. The maximum Gasteiger partial charge on any atom is 0.0440 e. The van der Waals surface area contributed by atoms with Gasteiger partial charge >= 0.3 is 0 Å². The molecule has 9 aromatic carbocycles. The van der Waals surface area contributed by atoms with Crippen molar-refractivity contribution in [2.75, 3.05) is 0 Å². The average molecular weight is 653 g/mol. The van der Waals surface area contributed by atoms with Crippen LogP contribution in [0.3, 0.4) is 0 Å². The highest BCUT2D eigenvalue weighted by Crippen LogP contribution is 2.52. The van der Waals surface area contributed by atoms with E-state index in [4.69, 9.17) is 0 Å². The molecule has 1 heteroatoms. The Bertz CT molecular complexity index is 3010. The molecule has 1 aliphatic carbocycles. The van der Waals surface area contributed by atoms with Gasteiger partial charge in [-0.2, -0.15) is 0 Å². The van der Waals surface area contributed by atoms with Gasteiger partial charge in [-0.05, 0) is 94.3 Å². The number of rotatable bonds is 2. The van der Waals surface area contributed by atoms with E-state index in [0.717, 1.165) is 0 Å². The van der Waals surface area contributed by atoms with Crippen molar-refractivity contribution in [3.63, 3.8) is 0 Å². The maximum absolute atomic E-state index is 2.47. The third kappa shape index (κ3) is 3.71. The monoisotopic (exact) mass is 652 g/mol. The number of fused-ring (bicyclic) bond motifs is 13. The van der Waals surface area contributed by atoms with Crippen molar-refractivity contribution in [2.45, 2.75) is 19.3 Å². The van der Waals surface area contributed by atoms with Crippen LogP contribution in [0.4, 0.5) is 0 Å². The maximum atomic E-state index is 2.47. The summed E-state index contributed by atoms with van der Waals surface area (Å²) in [6.45, 7) is 4.74. The van der Waals surface area contributed by atoms with E-state index < -0.39 is 0 Å². The van der Waals surface area contributed by atoms with E-state index in [1.807, 2.05) is 11.3 Å². The van der Waals surface area contributed by atoms with Crippen LogP contribution in [0.1, 0.15) is 25.0 Å². The number of hydrogen-bond donors (Lipinski definition) is 0. The smallest absolute Gasteiger partial charge is 0.0440 e. The summed E-state index contributed by atoms with van der Waals surface area (Å²) in [5.74, 6) is 0. The second-order valence-electron chi connectivity index (χ2n) is 14.4. The predicted molar refractivity (Wildman–Crippen MR) is 218 cm³/mol. The van der Waals surface area contributed by atoms with Crippen LogP contribution in [-0.4, -0.2) is 0 Å². The molecule has 0 nitrogen and oxygen atoms in total. The lowest BCUT2D eigenvalue weighted by atomic mass is 9.80. The Morgan fingerprint density at radius 1 is 0.380 bits per heavy atom. The highest BCUT2D eigenvalue weighted by atomic mass is 32.1. The van der Waals surface area contributed by atoms with Gasteiger partial charge in [0.1, 0.15) is 0 Å². The average Bonchev–Trinajstić information content (AvgIpc) is 3.66. The lowest BCUT2D eigenvalue weighted by molar-refractivity contribution is 0.660. The molecule has 234 valence electrons. The standard InChI is InChI=1S/C49H32S/c1-49(2)42-22-12-11-15-33(42)34-25-23-29(27-43(34)49)45-36-17-6-8-19-38(36)46(39-20-9-7-18-37(39)45)30-24-26-41-44(28-30)50-48-40-21-10-4-14-32(40)31-13-3-5-16-35(31)47(41)48/h3-28H,1-2H3. The van der Waals surface area contributed by atoms with Crippen molar-refractivity contribution in [1.82, 2.24) is 0 Å². The van der Waals surface area contributed by atoms with Crippen molar-refractivity contribution in [3.05, 3.63) is 169 Å². The molecule has 0 atom stereocenters. The van der Waals surface area contributed by atoms with Crippen LogP contribution in [0.25, 0.3) is 96.6 Å². The number of thiophene rings is 1. The molecule has 0 amide bonds. The Kier molecular flexibility index (Phi) is 5.70. The Labute approximate surface area is 294 Å². The topological polar surface area (TPSA) is 0 Å². The van der Waals surface area contributed by atoms with Crippen LogP contribution in [0.2, 0.25) is 0 Å². The van der Waals surface area contributed by atoms with Gasteiger partial charge in [0.15, 0.2) is 0 Å². The Balaban J connectivity index is 1.18. The molecule has 50 heavy (non-hydrogen) atoms. The van der Waals surface area contributed by atoms with Crippen LogP contribution < -0.4 is 0 Å². The molecule has 0 N–H and O–H groups in total. The first kappa shape index (κ1) is 28.1. The Morgan fingerprint density at radius 3 is 1.52 bits per heavy atom. The molecule has 0 bridgehead atoms. The molecule has 1 heterocycles. The fourth-order valence-electron chi connectivity index (χ4n) is 9.17. The Hall–Kier alpha value is -5.76. The molecule has 0 aliphatic heterocycles. The van der Waals surface area contributed by atoms with E-state index in [-0.39, 0.29) is 5.41 Å². The van der Waals surface area contributed by atoms with Crippen LogP contribution in [-0.2, 0) is 5.41 Å². The first-order valence-corrected chi connectivity index (χ1v) is 18.3. The van der Waals surface area contributed by atoms with E-state index >= 15 is 0 Å². The minimum Gasteiger partial charge on any atom is -0.134 e. The summed E-state index contributed by atoms with van der Waals surface area (Å²) in [6.07, 6.45) is 0. The highest BCUT2D eigenvalue weighted by molar-refractivity contribution is 7.27. The van der Waals surface area contributed by atoms with Gasteiger partial charge in [-0.1, -0.05) is 159 Å². The van der Waals surface area contributed by atoms with Crippen LogP contribution in [0.15, 0.2) is 158 Å². The lowest BCUT2D eigenvalue weighted by Gasteiger charge is -2.23. The normalized spacial score (nSPS) is 13.6. The molecule has 1 aliphatic rings. The summed E-state index contributed by atoms with van der Waals surface area (Å²) in [4.78, 5) is 0. The SMILES string of the molecule is CC1(C)c2ccccc2-c2ccc(-c3c4ccccc4c(-c4ccc5c(c4)sc4c6ccccc6c6ccccc6c54)c4ccccc34)cc21. The predicted octanol–water partition coefficient (Wildman–Crippen LogP) is 14.3. The lowest BCUT2D eigenvalue weighted by Crippen LogP contribution is -2.14. The van der Waals surface area contributed by atoms with E-state index in [1.54, 1.807) is 0 Å². The van der Waals surface area contributed by atoms with E-state index in [0.29, 0.717) is 0 Å². The van der Waals surface area contributed by atoms with E-state index in [9.17, 15) is 0 Å². The van der Waals surface area contributed by atoms with Gasteiger partial charge in [-0.3, -0.25) is 0 Å². The van der Waals surface area contributed by atoms with Crippen molar-refractivity contribution < 1.29 is 0 Å². The second kappa shape index (κ2) is 10.1. The zero-order chi connectivity index (χ0) is 33.1. The van der Waals surface area contributed by atoms with Crippen molar-refractivity contribution in [3.8, 4) is 33.4 Å². The third-order valence-electron chi connectivity index (χ3n) is 11.4. The minimum atomic E-state index is -0.0518. The number of benzene rings is 9. The van der Waals surface area contributed by atoms with Gasteiger partial charge in [-0.15, -0.1) is 11.3 Å². The molecule has 0 saturated carbocycles. The van der Waals surface area contributed by atoms with E-state index in [1.165, 1.54) is 108 Å². The summed E-state index contributed by atoms with van der Waals surface area (Å²) >= 11 is 1.93. The molecule has 0 spiro atoms. The van der Waals surface area contributed by atoms with Crippen molar-refractivity contribution in [2.24, 2.45) is 0 Å². The molecule has 10 aromatic rings. The first-order chi connectivity index (χ1) is 24.6.